The van der Waals surface area contributed by atoms with Crippen LogP contribution in [0.25, 0.3) is 10.8 Å². The van der Waals surface area contributed by atoms with E-state index in [1.165, 1.54) is 4.31 Å². The van der Waals surface area contributed by atoms with Crippen LogP contribution in [0.5, 0.6) is 0 Å². The van der Waals surface area contributed by atoms with E-state index >= 15 is 0 Å². The number of hydrogen-bond donors (Lipinski definition) is 0. The van der Waals surface area contributed by atoms with Crippen molar-refractivity contribution in [2.24, 2.45) is 0 Å². The maximum Gasteiger partial charge on any atom is 0.243 e. The van der Waals surface area contributed by atoms with E-state index in [-0.39, 0.29) is 6.54 Å². The summed E-state index contributed by atoms with van der Waals surface area (Å²) in [7, 11) is 0.226. The van der Waals surface area contributed by atoms with Gasteiger partial charge in [0.15, 0.2) is 0 Å². The van der Waals surface area contributed by atoms with E-state index in [0.717, 1.165) is 16.5 Å². The number of fused-ring (bicyclic) bond motifs is 1. The molecule has 0 unspecified atom stereocenters. The molecule has 1 aromatic heterocycles. The molecule has 3 aromatic rings. The SMILES string of the molecule is Cc1ccc(CN(CCN(C)C)S(=O)(=O)c2ccc3ccccc3c2)o1. The Morgan fingerprint density at radius 2 is 1.65 bits per heavy atom. The third-order valence-electron chi connectivity index (χ3n) is 4.28. The van der Waals surface area contributed by atoms with Crippen molar-refractivity contribution in [3.8, 4) is 0 Å². The standard InChI is InChI=1S/C20H24N2O3S/c1-16-8-10-19(25-16)15-22(13-12-21(2)3)26(23,24)20-11-9-17-6-4-5-7-18(17)14-20/h4-11,14H,12-13,15H2,1-3H3. The molecule has 5 nitrogen and oxygen atoms in total. The first-order valence-electron chi connectivity index (χ1n) is 8.55. The molecule has 0 aliphatic heterocycles. The molecule has 0 saturated carbocycles. The van der Waals surface area contributed by atoms with Crippen molar-refractivity contribution in [1.29, 1.82) is 0 Å². The topological polar surface area (TPSA) is 53.8 Å². The molecule has 2 aromatic carbocycles. The molecular weight excluding hydrogens is 348 g/mol. The smallest absolute Gasteiger partial charge is 0.243 e. The van der Waals surface area contributed by atoms with Crippen molar-refractivity contribution in [1.82, 2.24) is 9.21 Å². The van der Waals surface area contributed by atoms with E-state index < -0.39 is 10.0 Å². The van der Waals surface area contributed by atoms with Crippen molar-refractivity contribution >= 4 is 20.8 Å². The van der Waals surface area contributed by atoms with Crippen LogP contribution in [0.4, 0.5) is 0 Å². The summed E-state index contributed by atoms with van der Waals surface area (Å²) in [6.45, 7) is 3.09. The molecule has 0 aliphatic rings. The van der Waals surface area contributed by atoms with Gasteiger partial charge in [-0.15, -0.1) is 0 Å². The summed E-state index contributed by atoms with van der Waals surface area (Å²) in [5, 5.41) is 1.93. The number of aryl methyl sites for hydroxylation is 1. The van der Waals surface area contributed by atoms with Crippen LogP contribution in [0.1, 0.15) is 11.5 Å². The number of hydrogen-bond acceptors (Lipinski definition) is 4. The zero-order valence-electron chi connectivity index (χ0n) is 15.3. The molecule has 0 N–H and O–H groups in total. The van der Waals surface area contributed by atoms with Crippen LogP contribution in [-0.2, 0) is 16.6 Å². The fourth-order valence-corrected chi connectivity index (χ4v) is 4.25. The van der Waals surface area contributed by atoms with Gasteiger partial charge in [0.2, 0.25) is 10.0 Å². The fourth-order valence-electron chi connectivity index (χ4n) is 2.82. The van der Waals surface area contributed by atoms with Gasteiger partial charge >= 0.3 is 0 Å². The predicted octanol–water partition coefficient (Wildman–Crippen LogP) is 3.49. The van der Waals surface area contributed by atoms with Gasteiger partial charge in [-0.2, -0.15) is 4.31 Å². The van der Waals surface area contributed by atoms with Gasteiger partial charge in [-0.25, -0.2) is 8.42 Å². The molecule has 138 valence electrons. The number of furan rings is 1. The monoisotopic (exact) mass is 372 g/mol. The summed E-state index contributed by atoms with van der Waals surface area (Å²) in [5.41, 5.74) is 0. The van der Waals surface area contributed by atoms with Crippen LogP contribution in [0.3, 0.4) is 0 Å². The summed E-state index contributed by atoms with van der Waals surface area (Å²) in [5.74, 6) is 1.42. The van der Waals surface area contributed by atoms with Crippen molar-refractivity contribution in [2.75, 3.05) is 27.2 Å². The zero-order valence-corrected chi connectivity index (χ0v) is 16.2. The van der Waals surface area contributed by atoms with Gasteiger partial charge in [-0.05, 0) is 56.1 Å². The molecule has 1 heterocycles. The first-order chi connectivity index (χ1) is 12.4. The molecule has 0 saturated heterocycles. The summed E-state index contributed by atoms with van der Waals surface area (Å²) < 4.78 is 33.6. The lowest BCUT2D eigenvalue weighted by molar-refractivity contribution is 0.310. The van der Waals surface area contributed by atoms with Gasteiger partial charge in [0, 0.05) is 13.1 Å². The molecule has 26 heavy (non-hydrogen) atoms. The van der Waals surface area contributed by atoms with Crippen LogP contribution < -0.4 is 0 Å². The summed E-state index contributed by atoms with van der Waals surface area (Å²) in [6, 6.07) is 16.7. The maximum absolute atomic E-state index is 13.3. The van der Waals surface area contributed by atoms with E-state index in [4.69, 9.17) is 4.42 Å². The Morgan fingerprint density at radius 1 is 0.923 bits per heavy atom. The molecule has 6 heteroatoms. The van der Waals surface area contributed by atoms with E-state index in [0.29, 0.717) is 23.7 Å². The van der Waals surface area contributed by atoms with Crippen LogP contribution in [-0.4, -0.2) is 44.8 Å². The van der Waals surface area contributed by atoms with E-state index in [1.54, 1.807) is 12.1 Å². The summed E-state index contributed by atoms with van der Waals surface area (Å²) >= 11 is 0. The first kappa shape index (κ1) is 18.6. The summed E-state index contributed by atoms with van der Waals surface area (Å²) in [6.07, 6.45) is 0. The first-order valence-corrected chi connectivity index (χ1v) is 9.99. The Bertz CT molecular complexity index is 993. The highest BCUT2D eigenvalue weighted by Gasteiger charge is 2.26. The Labute approximate surface area is 154 Å². The second-order valence-electron chi connectivity index (χ2n) is 6.66. The molecule has 0 fully saturated rings. The molecule has 0 amide bonds. The highest BCUT2D eigenvalue weighted by molar-refractivity contribution is 7.89. The van der Waals surface area contributed by atoms with Gasteiger partial charge in [0.25, 0.3) is 0 Å². The van der Waals surface area contributed by atoms with Crippen molar-refractivity contribution in [3.63, 3.8) is 0 Å². The van der Waals surface area contributed by atoms with Crippen molar-refractivity contribution in [3.05, 3.63) is 66.1 Å². The van der Waals surface area contributed by atoms with Crippen molar-refractivity contribution < 1.29 is 12.8 Å². The van der Waals surface area contributed by atoms with Crippen LogP contribution in [0.15, 0.2) is 63.9 Å². The number of benzene rings is 2. The van der Waals surface area contributed by atoms with E-state index in [9.17, 15) is 8.42 Å². The van der Waals surface area contributed by atoms with Gasteiger partial charge < -0.3 is 9.32 Å². The molecule has 0 spiro atoms. The van der Waals surface area contributed by atoms with Crippen LogP contribution in [0.2, 0.25) is 0 Å². The molecular formula is C20H24N2O3S. The van der Waals surface area contributed by atoms with Crippen LogP contribution in [0, 0.1) is 6.92 Å². The minimum absolute atomic E-state index is 0.219. The minimum Gasteiger partial charge on any atom is -0.465 e. The Hall–Kier alpha value is -2.15. The van der Waals surface area contributed by atoms with Gasteiger partial charge in [0.1, 0.15) is 11.5 Å². The Balaban J connectivity index is 1.95. The summed E-state index contributed by atoms with van der Waals surface area (Å²) in [4.78, 5) is 2.27. The second-order valence-corrected chi connectivity index (χ2v) is 8.60. The number of nitrogens with zero attached hydrogens (tertiary/aromatic N) is 2. The Kier molecular flexibility index (Phi) is 5.46. The highest BCUT2D eigenvalue weighted by atomic mass is 32.2. The Morgan fingerprint density at radius 3 is 2.31 bits per heavy atom. The van der Waals surface area contributed by atoms with Crippen LogP contribution >= 0.6 is 0 Å². The number of sulfonamides is 1. The minimum atomic E-state index is -3.63. The average Bonchev–Trinajstić information content (AvgIpc) is 3.02. The highest BCUT2D eigenvalue weighted by Crippen LogP contribution is 2.23. The number of likely N-dealkylation sites (N-methyl/N-ethyl adjacent to an activating group) is 1. The third kappa shape index (κ3) is 4.15. The van der Waals surface area contributed by atoms with E-state index in [1.807, 2.05) is 68.4 Å². The van der Waals surface area contributed by atoms with Crippen molar-refractivity contribution in [2.45, 2.75) is 18.4 Å². The molecule has 0 radical (unpaired) electrons. The van der Waals surface area contributed by atoms with Gasteiger partial charge in [-0.1, -0.05) is 30.3 Å². The molecule has 3 rings (SSSR count). The van der Waals surface area contributed by atoms with E-state index in [2.05, 4.69) is 0 Å². The average molecular weight is 372 g/mol. The van der Waals surface area contributed by atoms with Gasteiger partial charge in [0.05, 0.1) is 11.4 Å². The fraction of sp³-hybridized carbons (Fsp3) is 0.300. The second kappa shape index (κ2) is 7.61. The number of rotatable bonds is 7. The quantitative estimate of drug-likeness (QED) is 0.637. The molecule has 0 aliphatic carbocycles. The molecule has 0 atom stereocenters. The predicted molar refractivity (Wildman–Crippen MR) is 104 cm³/mol. The third-order valence-corrected chi connectivity index (χ3v) is 6.12. The largest absolute Gasteiger partial charge is 0.465 e. The lowest BCUT2D eigenvalue weighted by Crippen LogP contribution is -2.36. The molecule has 0 bridgehead atoms. The lowest BCUT2D eigenvalue weighted by Gasteiger charge is -2.23. The maximum atomic E-state index is 13.3. The normalized spacial score (nSPS) is 12.3. The lowest BCUT2D eigenvalue weighted by atomic mass is 10.1. The zero-order chi connectivity index (χ0) is 18.7. The van der Waals surface area contributed by atoms with Gasteiger partial charge in [-0.3, -0.25) is 0 Å².